The van der Waals surface area contributed by atoms with E-state index in [1.165, 1.54) is 92.5 Å². The Morgan fingerprint density at radius 2 is 1.34 bits per heavy atom. The largest absolute Gasteiger partial charge is 0.0656 e. The van der Waals surface area contributed by atoms with Crippen molar-refractivity contribution in [3.05, 3.63) is 47.0 Å². The minimum absolute atomic E-state index is 0.917. The topological polar surface area (TPSA) is 0 Å². The number of hydrogen-bond acceptors (Lipinski definition) is 0. The van der Waals surface area contributed by atoms with Gasteiger partial charge in [0.1, 0.15) is 0 Å². The molecule has 3 rings (SSSR count). The Morgan fingerprint density at radius 3 is 1.88 bits per heavy atom. The van der Waals surface area contributed by atoms with Crippen LogP contribution in [0.15, 0.2) is 30.3 Å². The van der Waals surface area contributed by atoms with Gasteiger partial charge >= 0.3 is 0 Å². The van der Waals surface area contributed by atoms with Crippen LogP contribution in [0.5, 0.6) is 0 Å². The first-order valence-electron chi connectivity index (χ1n) is 13.9. The highest BCUT2D eigenvalue weighted by Crippen LogP contribution is 2.30. The van der Waals surface area contributed by atoms with E-state index in [4.69, 9.17) is 0 Å². The molecule has 0 spiro atoms. The summed E-state index contributed by atoms with van der Waals surface area (Å²) < 4.78 is 0. The predicted molar refractivity (Wildman–Crippen MR) is 148 cm³/mol. The van der Waals surface area contributed by atoms with Gasteiger partial charge in [0.25, 0.3) is 0 Å². The van der Waals surface area contributed by atoms with Crippen molar-refractivity contribution in [2.45, 2.75) is 126 Å². The first-order chi connectivity index (χ1) is 15.4. The Hall–Kier alpha value is -1.30. The molecular formula is C32H54. The Balaban J connectivity index is 0.000000392. The maximum atomic E-state index is 2.43. The molecule has 32 heavy (non-hydrogen) atoms. The lowest BCUT2D eigenvalue weighted by atomic mass is 9.85. The molecule has 1 saturated carbocycles. The average Bonchev–Trinajstić information content (AvgIpc) is 2.82. The van der Waals surface area contributed by atoms with Crippen LogP contribution in [0.3, 0.4) is 0 Å². The van der Waals surface area contributed by atoms with Gasteiger partial charge in [0.05, 0.1) is 0 Å². The summed E-state index contributed by atoms with van der Waals surface area (Å²) in [5.74, 6) is 2.84. The average molecular weight is 439 g/mol. The molecule has 1 fully saturated rings. The van der Waals surface area contributed by atoms with Crippen LogP contribution in [-0.4, -0.2) is 0 Å². The second-order valence-electron chi connectivity index (χ2n) is 10.4. The van der Waals surface area contributed by atoms with E-state index in [1.54, 1.807) is 5.56 Å². The molecule has 0 heterocycles. The summed E-state index contributed by atoms with van der Waals surface area (Å²) in [6, 6.07) is 11.4. The molecule has 0 nitrogen and oxygen atoms in total. The van der Waals surface area contributed by atoms with Gasteiger partial charge in [0.15, 0.2) is 0 Å². The zero-order valence-corrected chi connectivity index (χ0v) is 22.9. The minimum atomic E-state index is 0.917. The van der Waals surface area contributed by atoms with Gasteiger partial charge in [-0.3, -0.25) is 0 Å². The van der Waals surface area contributed by atoms with Gasteiger partial charge in [-0.2, -0.15) is 0 Å². The van der Waals surface area contributed by atoms with Gasteiger partial charge in [-0.25, -0.2) is 0 Å². The standard InChI is InChI=1S/C21H28.C8H18.C3H8/c1-16-15-19(12-8-11-18-9-4-3-5-10-18)21-14-7-6-13-20(21)17(16)2;1-5-7(3)8(4)6-2;1-3-2/h6-7,13-15,18H,3-5,8-12H2,1-2H3;7-8H,5-6H2,1-4H3;3H2,1-2H3. The number of rotatable bonds is 7. The highest BCUT2D eigenvalue weighted by molar-refractivity contribution is 5.89. The van der Waals surface area contributed by atoms with Crippen molar-refractivity contribution in [1.29, 1.82) is 0 Å². The quantitative estimate of drug-likeness (QED) is 0.403. The molecule has 1 aliphatic rings. The molecule has 0 heteroatoms. The first kappa shape index (κ1) is 28.7. The zero-order chi connectivity index (χ0) is 23.9. The fourth-order valence-electron chi connectivity index (χ4n) is 4.82. The number of fused-ring (bicyclic) bond motifs is 1. The summed E-state index contributed by atoms with van der Waals surface area (Å²) in [4.78, 5) is 0. The molecule has 0 bridgehead atoms. The fourth-order valence-corrected chi connectivity index (χ4v) is 4.82. The van der Waals surface area contributed by atoms with Gasteiger partial charge in [0.2, 0.25) is 0 Å². The van der Waals surface area contributed by atoms with Crippen molar-refractivity contribution in [2.24, 2.45) is 17.8 Å². The SMILES string of the molecule is CCC.CCC(C)C(C)CC.Cc1cc(CCCC2CCCCC2)c2ccccc2c1C. The second kappa shape index (κ2) is 16.3. The molecular weight excluding hydrogens is 384 g/mol. The third-order valence-corrected chi connectivity index (χ3v) is 7.70. The summed E-state index contributed by atoms with van der Waals surface area (Å²) in [5.41, 5.74) is 4.45. The summed E-state index contributed by atoms with van der Waals surface area (Å²) in [5, 5.41) is 2.93. The minimum Gasteiger partial charge on any atom is -0.0656 e. The van der Waals surface area contributed by atoms with E-state index in [0.717, 1.165) is 17.8 Å². The monoisotopic (exact) mass is 438 g/mol. The van der Waals surface area contributed by atoms with Gasteiger partial charge < -0.3 is 0 Å². The Labute approximate surface area is 201 Å². The normalized spacial score (nSPS) is 15.9. The van der Waals surface area contributed by atoms with Crippen molar-refractivity contribution in [3.8, 4) is 0 Å². The van der Waals surface area contributed by atoms with Crippen molar-refractivity contribution in [3.63, 3.8) is 0 Å². The molecule has 2 unspecified atom stereocenters. The molecule has 1 aliphatic carbocycles. The lowest BCUT2D eigenvalue weighted by molar-refractivity contribution is 0.332. The fraction of sp³-hybridized carbons (Fsp3) is 0.688. The lowest BCUT2D eigenvalue weighted by Gasteiger charge is -2.21. The Morgan fingerprint density at radius 1 is 0.812 bits per heavy atom. The van der Waals surface area contributed by atoms with Crippen LogP contribution >= 0.6 is 0 Å². The summed E-state index contributed by atoms with van der Waals surface area (Å²) in [6.45, 7) is 17.9. The van der Waals surface area contributed by atoms with Gasteiger partial charge in [0, 0.05) is 0 Å². The summed E-state index contributed by atoms with van der Waals surface area (Å²) >= 11 is 0. The molecule has 2 aromatic carbocycles. The van der Waals surface area contributed by atoms with Crippen molar-refractivity contribution < 1.29 is 0 Å². The number of hydrogen-bond donors (Lipinski definition) is 0. The van der Waals surface area contributed by atoms with E-state index in [0.29, 0.717) is 0 Å². The molecule has 0 aromatic heterocycles. The molecule has 0 amide bonds. The van der Waals surface area contributed by atoms with E-state index >= 15 is 0 Å². The molecule has 182 valence electrons. The third kappa shape index (κ3) is 9.68. The van der Waals surface area contributed by atoms with Crippen molar-refractivity contribution >= 4 is 10.8 Å². The van der Waals surface area contributed by atoms with Crippen LogP contribution in [0.1, 0.15) is 122 Å². The zero-order valence-electron chi connectivity index (χ0n) is 22.9. The van der Waals surface area contributed by atoms with Crippen LogP contribution in [0, 0.1) is 31.6 Å². The first-order valence-corrected chi connectivity index (χ1v) is 13.9. The number of aryl methyl sites for hydroxylation is 3. The molecule has 2 atom stereocenters. The van der Waals surface area contributed by atoms with E-state index in [9.17, 15) is 0 Å². The van der Waals surface area contributed by atoms with E-state index in [-0.39, 0.29) is 0 Å². The molecule has 2 aromatic rings. The molecule has 0 N–H and O–H groups in total. The smallest absolute Gasteiger partial charge is 0.0149 e. The van der Waals surface area contributed by atoms with Gasteiger partial charge in [-0.15, -0.1) is 0 Å². The highest BCUT2D eigenvalue weighted by Gasteiger charge is 2.13. The molecule has 0 aliphatic heterocycles. The van der Waals surface area contributed by atoms with Gasteiger partial charge in [-0.1, -0.05) is 130 Å². The van der Waals surface area contributed by atoms with Crippen molar-refractivity contribution in [1.82, 2.24) is 0 Å². The Bertz CT molecular complexity index is 727. The third-order valence-electron chi connectivity index (χ3n) is 7.70. The van der Waals surface area contributed by atoms with Crippen LogP contribution in [-0.2, 0) is 6.42 Å². The second-order valence-corrected chi connectivity index (χ2v) is 10.4. The summed E-state index contributed by atoms with van der Waals surface area (Å²) in [7, 11) is 0. The van der Waals surface area contributed by atoms with Gasteiger partial charge in [-0.05, 0) is 71.9 Å². The molecule has 0 radical (unpaired) electrons. The maximum Gasteiger partial charge on any atom is -0.0149 e. The summed E-state index contributed by atoms with van der Waals surface area (Å²) in [6.07, 6.45) is 15.3. The maximum absolute atomic E-state index is 2.43. The Kier molecular flexibility index (Phi) is 14.7. The highest BCUT2D eigenvalue weighted by atomic mass is 14.2. The van der Waals surface area contributed by atoms with E-state index in [1.807, 2.05) is 0 Å². The van der Waals surface area contributed by atoms with Crippen molar-refractivity contribution in [2.75, 3.05) is 0 Å². The van der Waals surface area contributed by atoms with Crippen LogP contribution in [0.2, 0.25) is 0 Å². The number of benzene rings is 2. The van der Waals surface area contributed by atoms with Crippen LogP contribution in [0.25, 0.3) is 10.8 Å². The van der Waals surface area contributed by atoms with E-state index in [2.05, 4.69) is 85.7 Å². The predicted octanol–water partition coefficient (Wildman–Crippen LogP) is 10.9. The molecule has 0 saturated heterocycles. The van der Waals surface area contributed by atoms with Crippen LogP contribution in [0.4, 0.5) is 0 Å². The van der Waals surface area contributed by atoms with Crippen LogP contribution < -0.4 is 0 Å². The van der Waals surface area contributed by atoms with E-state index < -0.39 is 0 Å². The lowest BCUT2D eigenvalue weighted by Crippen LogP contribution is -2.06.